The summed E-state index contributed by atoms with van der Waals surface area (Å²) in [4.78, 5) is 0. The molecule has 0 radical (unpaired) electrons. The van der Waals surface area contributed by atoms with E-state index >= 15 is 0 Å². The van der Waals surface area contributed by atoms with E-state index in [1.807, 2.05) is 13.8 Å². The van der Waals surface area contributed by atoms with Crippen LogP contribution in [0.1, 0.15) is 27.2 Å². The van der Waals surface area contributed by atoms with E-state index in [9.17, 15) is 10.2 Å². The van der Waals surface area contributed by atoms with Crippen molar-refractivity contribution in [1.29, 1.82) is 0 Å². The van der Waals surface area contributed by atoms with Gasteiger partial charge in [0.25, 0.3) is 0 Å². The molecule has 1 saturated heterocycles. The number of ether oxygens (including phenoxy) is 2. The third kappa shape index (κ3) is 2.91. The van der Waals surface area contributed by atoms with E-state index in [-0.39, 0.29) is 12.2 Å². The number of aliphatic hydroxyl groups is 2. The molecular weight excluding hydrogens is 172 g/mol. The molecule has 0 unspecified atom stereocenters. The van der Waals surface area contributed by atoms with Crippen LogP contribution >= 0.6 is 0 Å². The quantitative estimate of drug-likeness (QED) is 0.656. The summed E-state index contributed by atoms with van der Waals surface area (Å²) in [5.41, 5.74) is 0. The van der Waals surface area contributed by atoms with Crippen LogP contribution < -0.4 is 0 Å². The minimum Gasteiger partial charge on any atom is -0.390 e. The lowest BCUT2D eigenvalue weighted by Gasteiger charge is -2.36. The van der Waals surface area contributed by atoms with Gasteiger partial charge in [0.15, 0.2) is 6.29 Å². The zero-order chi connectivity index (χ0) is 10.0. The van der Waals surface area contributed by atoms with Gasteiger partial charge in [0.05, 0.1) is 18.3 Å². The normalized spacial score (nSPS) is 41.1. The van der Waals surface area contributed by atoms with Gasteiger partial charge >= 0.3 is 0 Å². The van der Waals surface area contributed by atoms with Crippen LogP contribution in [0.5, 0.6) is 0 Å². The van der Waals surface area contributed by atoms with E-state index in [1.54, 1.807) is 6.92 Å². The predicted octanol–water partition coefficient (Wildman–Crippen LogP) is 0.268. The van der Waals surface area contributed by atoms with Crippen molar-refractivity contribution in [3.63, 3.8) is 0 Å². The van der Waals surface area contributed by atoms with Gasteiger partial charge in [-0.3, -0.25) is 0 Å². The summed E-state index contributed by atoms with van der Waals surface area (Å²) in [6, 6.07) is 0. The second-order valence-electron chi connectivity index (χ2n) is 3.76. The SMILES string of the molecule is CC(C)O[C@@H]1O[C@@H](C)[C@H](O)C[C@@H]1O. The lowest BCUT2D eigenvalue weighted by Crippen LogP contribution is -2.47. The standard InChI is InChI=1S/C9H18O4/c1-5(2)12-9-8(11)4-7(10)6(3)13-9/h5-11H,4H2,1-3H3/t6-,7+,8-,9+/m0/s1. The zero-order valence-corrected chi connectivity index (χ0v) is 8.30. The fourth-order valence-corrected chi connectivity index (χ4v) is 1.33. The molecule has 0 aromatic carbocycles. The second kappa shape index (κ2) is 4.37. The maximum Gasteiger partial charge on any atom is 0.184 e. The molecule has 1 aliphatic rings. The second-order valence-corrected chi connectivity index (χ2v) is 3.76. The van der Waals surface area contributed by atoms with Crippen LogP contribution in [0.25, 0.3) is 0 Å². The molecule has 1 fully saturated rings. The molecule has 2 N–H and O–H groups in total. The molecule has 13 heavy (non-hydrogen) atoms. The number of hydrogen-bond donors (Lipinski definition) is 2. The van der Waals surface area contributed by atoms with E-state index in [0.717, 1.165) is 0 Å². The van der Waals surface area contributed by atoms with Crippen molar-refractivity contribution in [2.24, 2.45) is 0 Å². The summed E-state index contributed by atoms with van der Waals surface area (Å²) in [5, 5.41) is 18.9. The van der Waals surface area contributed by atoms with Gasteiger partial charge in [-0.25, -0.2) is 0 Å². The van der Waals surface area contributed by atoms with Crippen molar-refractivity contribution in [1.82, 2.24) is 0 Å². The van der Waals surface area contributed by atoms with Crippen molar-refractivity contribution in [2.45, 2.75) is 57.9 Å². The van der Waals surface area contributed by atoms with Gasteiger partial charge in [0.2, 0.25) is 0 Å². The Morgan fingerprint density at radius 1 is 1.31 bits per heavy atom. The minimum absolute atomic E-state index is 0.0158. The Labute approximate surface area is 78.5 Å². The summed E-state index contributed by atoms with van der Waals surface area (Å²) in [6.45, 7) is 5.53. The van der Waals surface area contributed by atoms with Gasteiger partial charge in [-0.2, -0.15) is 0 Å². The Hall–Kier alpha value is -0.160. The highest BCUT2D eigenvalue weighted by Gasteiger charge is 2.34. The first-order chi connectivity index (χ1) is 6.00. The first kappa shape index (κ1) is 10.9. The average molecular weight is 190 g/mol. The molecule has 0 aromatic heterocycles. The summed E-state index contributed by atoms with van der Waals surface area (Å²) in [5.74, 6) is 0. The van der Waals surface area contributed by atoms with Crippen molar-refractivity contribution in [3.05, 3.63) is 0 Å². The zero-order valence-electron chi connectivity index (χ0n) is 8.30. The van der Waals surface area contributed by atoms with Crippen LogP contribution in [-0.2, 0) is 9.47 Å². The van der Waals surface area contributed by atoms with Gasteiger partial charge in [-0.15, -0.1) is 0 Å². The van der Waals surface area contributed by atoms with Crippen LogP contribution in [0.15, 0.2) is 0 Å². The Morgan fingerprint density at radius 2 is 1.92 bits per heavy atom. The maximum absolute atomic E-state index is 9.50. The summed E-state index contributed by atoms with van der Waals surface area (Å²) >= 11 is 0. The van der Waals surface area contributed by atoms with Crippen molar-refractivity contribution >= 4 is 0 Å². The first-order valence-electron chi connectivity index (χ1n) is 4.67. The van der Waals surface area contributed by atoms with Crippen LogP contribution in [0.2, 0.25) is 0 Å². The van der Waals surface area contributed by atoms with Crippen molar-refractivity contribution in [2.75, 3.05) is 0 Å². The molecule has 78 valence electrons. The molecule has 1 rings (SSSR count). The van der Waals surface area contributed by atoms with Gasteiger partial charge in [-0.1, -0.05) is 0 Å². The Kier molecular flexibility index (Phi) is 3.67. The summed E-state index contributed by atoms with van der Waals surface area (Å²) < 4.78 is 10.6. The third-order valence-electron chi connectivity index (χ3n) is 2.09. The third-order valence-corrected chi connectivity index (χ3v) is 2.09. The van der Waals surface area contributed by atoms with Gasteiger partial charge in [0, 0.05) is 6.42 Å². The molecular formula is C9H18O4. The van der Waals surface area contributed by atoms with Crippen LogP contribution in [-0.4, -0.2) is 40.9 Å². The molecule has 0 bridgehead atoms. The van der Waals surface area contributed by atoms with Crippen LogP contribution in [0.4, 0.5) is 0 Å². The Bertz CT molecular complexity index is 160. The van der Waals surface area contributed by atoms with E-state index in [0.29, 0.717) is 6.42 Å². The fourth-order valence-electron chi connectivity index (χ4n) is 1.33. The molecule has 0 saturated carbocycles. The maximum atomic E-state index is 9.50. The fraction of sp³-hybridized carbons (Fsp3) is 1.00. The average Bonchev–Trinajstić information content (AvgIpc) is 1.99. The van der Waals surface area contributed by atoms with Crippen LogP contribution in [0.3, 0.4) is 0 Å². The highest BCUT2D eigenvalue weighted by Crippen LogP contribution is 2.21. The summed E-state index contributed by atoms with van der Waals surface area (Å²) in [7, 11) is 0. The summed E-state index contributed by atoms with van der Waals surface area (Å²) in [6.07, 6.45) is -1.86. The lowest BCUT2D eigenvalue weighted by molar-refractivity contribution is -0.271. The molecule has 0 amide bonds. The molecule has 1 heterocycles. The number of rotatable bonds is 2. The number of aliphatic hydroxyl groups excluding tert-OH is 2. The van der Waals surface area contributed by atoms with E-state index in [4.69, 9.17) is 9.47 Å². The predicted molar refractivity (Wildman–Crippen MR) is 47.2 cm³/mol. The van der Waals surface area contributed by atoms with E-state index in [1.165, 1.54) is 0 Å². The van der Waals surface area contributed by atoms with E-state index in [2.05, 4.69) is 0 Å². The molecule has 4 atom stereocenters. The topological polar surface area (TPSA) is 58.9 Å². The van der Waals surface area contributed by atoms with Gasteiger partial charge < -0.3 is 19.7 Å². The lowest BCUT2D eigenvalue weighted by atomic mass is 10.0. The molecule has 1 aliphatic heterocycles. The van der Waals surface area contributed by atoms with Crippen LogP contribution in [0, 0.1) is 0 Å². The van der Waals surface area contributed by atoms with Gasteiger partial charge in [-0.05, 0) is 20.8 Å². The smallest absolute Gasteiger partial charge is 0.184 e. The Morgan fingerprint density at radius 3 is 2.46 bits per heavy atom. The molecule has 0 aromatic rings. The van der Waals surface area contributed by atoms with Crippen molar-refractivity contribution in [3.8, 4) is 0 Å². The first-order valence-corrected chi connectivity index (χ1v) is 4.67. The highest BCUT2D eigenvalue weighted by atomic mass is 16.7. The molecule has 4 nitrogen and oxygen atoms in total. The monoisotopic (exact) mass is 190 g/mol. The molecule has 0 spiro atoms. The number of hydrogen-bond acceptors (Lipinski definition) is 4. The largest absolute Gasteiger partial charge is 0.390 e. The molecule has 0 aliphatic carbocycles. The minimum atomic E-state index is -0.728. The van der Waals surface area contributed by atoms with Gasteiger partial charge in [0.1, 0.15) is 6.10 Å². The van der Waals surface area contributed by atoms with Crippen molar-refractivity contribution < 1.29 is 19.7 Å². The van der Waals surface area contributed by atoms with E-state index < -0.39 is 18.5 Å². The highest BCUT2D eigenvalue weighted by molar-refractivity contribution is 4.78. The molecule has 4 heteroatoms. The Balaban J connectivity index is 2.46.